The maximum atomic E-state index is 12.5. The van der Waals surface area contributed by atoms with Crippen LogP contribution in [0.15, 0.2) is 18.2 Å². The van der Waals surface area contributed by atoms with Crippen molar-refractivity contribution in [1.29, 1.82) is 0 Å². The number of urea groups is 1. The Bertz CT molecular complexity index is 555. The van der Waals surface area contributed by atoms with E-state index in [1.807, 2.05) is 36.9 Å². The molecule has 0 unspecified atom stereocenters. The van der Waals surface area contributed by atoms with Gasteiger partial charge in [-0.15, -0.1) is 0 Å². The van der Waals surface area contributed by atoms with Gasteiger partial charge in [-0.05, 0) is 70.0 Å². The molecule has 23 heavy (non-hydrogen) atoms. The van der Waals surface area contributed by atoms with E-state index in [-0.39, 0.29) is 6.03 Å². The maximum absolute atomic E-state index is 12.5. The summed E-state index contributed by atoms with van der Waals surface area (Å²) in [5.41, 5.74) is 1.88. The molecule has 1 N–H and O–H groups in total. The molecule has 2 fully saturated rings. The molecule has 126 valence electrons. The van der Waals surface area contributed by atoms with Gasteiger partial charge in [-0.1, -0.05) is 0 Å². The maximum Gasteiger partial charge on any atom is 0.321 e. The number of benzene rings is 1. The molecule has 2 aliphatic rings. The number of nitrogens with one attached hydrogen (secondary N) is 1. The van der Waals surface area contributed by atoms with Crippen molar-refractivity contribution in [2.24, 2.45) is 0 Å². The average Bonchev–Trinajstić information content (AvgIpc) is 3.20. The van der Waals surface area contributed by atoms with Gasteiger partial charge in [-0.3, -0.25) is 4.90 Å². The largest absolute Gasteiger partial charge is 0.494 e. The number of hydrogen-bond acceptors (Lipinski definition) is 3. The van der Waals surface area contributed by atoms with Crippen molar-refractivity contribution in [1.82, 2.24) is 9.80 Å². The first-order valence-electron chi connectivity index (χ1n) is 8.71. The van der Waals surface area contributed by atoms with Gasteiger partial charge in [0, 0.05) is 24.8 Å². The first-order valence-corrected chi connectivity index (χ1v) is 8.71. The first kappa shape index (κ1) is 16.1. The SMILES string of the molecule is CCOc1ccc(NC(=O)N2CC[C@H](N3CCCC3)C2)cc1C. The number of hydrogen-bond donors (Lipinski definition) is 1. The van der Waals surface area contributed by atoms with E-state index < -0.39 is 0 Å². The molecule has 0 saturated carbocycles. The van der Waals surface area contributed by atoms with Crippen LogP contribution in [0.2, 0.25) is 0 Å². The monoisotopic (exact) mass is 317 g/mol. The highest BCUT2D eigenvalue weighted by Gasteiger charge is 2.31. The van der Waals surface area contributed by atoms with Gasteiger partial charge < -0.3 is 15.0 Å². The zero-order chi connectivity index (χ0) is 16.2. The van der Waals surface area contributed by atoms with Crippen molar-refractivity contribution in [2.45, 2.75) is 39.2 Å². The summed E-state index contributed by atoms with van der Waals surface area (Å²) in [5.74, 6) is 0.876. The molecule has 1 aromatic carbocycles. The number of carbonyl (C=O) groups is 1. The zero-order valence-corrected chi connectivity index (χ0v) is 14.2. The summed E-state index contributed by atoms with van der Waals surface area (Å²) in [7, 11) is 0. The van der Waals surface area contributed by atoms with Gasteiger partial charge >= 0.3 is 6.03 Å². The minimum atomic E-state index is 0.00950. The first-order chi connectivity index (χ1) is 11.2. The Kier molecular flexibility index (Phi) is 5.06. The molecule has 5 heteroatoms. The van der Waals surface area contributed by atoms with Gasteiger partial charge in [0.15, 0.2) is 0 Å². The van der Waals surface area contributed by atoms with Crippen LogP contribution in [-0.2, 0) is 0 Å². The molecule has 3 rings (SSSR count). The van der Waals surface area contributed by atoms with E-state index in [9.17, 15) is 4.79 Å². The third-order valence-electron chi connectivity index (χ3n) is 4.83. The van der Waals surface area contributed by atoms with Gasteiger partial charge in [0.05, 0.1) is 6.61 Å². The van der Waals surface area contributed by atoms with E-state index in [1.54, 1.807) is 0 Å². The van der Waals surface area contributed by atoms with Crippen LogP contribution >= 0.6 is 0 Å². The lowest BCUT2D eigenvalue weighted by Crippen LogP contribution is -2.38. The topological polar surface area (TPSA) is 44.8 Å². The van der Waals surface area contributed by atoms with Crippen LogP contribution in [0, 0.1) is 6.92 Å². The fourth-order valence-corrected chi connectivity index (χ4v) is 3.58. The molecule has 2 amide bonds. The number of aryl methyl sites for hydroxylation is 1. The number of carbonyl (C=O) groups excluding carboxylic acids is 1. The minimum absolute atomic E-state index is 0.00950. The summed E-state index contributed by atoms with van der Waals surface area (Å²) in [6.45, 7) is 8.71. The molecule has 2 aliphatic heterocycles. The normalized spacial score (nSPS) is 21.7. The lowest BCUT2D eigenvalue weighted by molar-refractivity contribution is 0.210. The highest BCUT2D eigenvalue weighted by molar-refractivity contribution is 5.89. The Morgan fingerprint density at radius 2 is 2.09 bits per heavy atom. The number of ether oxygens (including phenoxy) is 1. The van der Waals surface area contributed by atoms with Gasteiger partial charge in [0.25, 0.3) is 0 Å². The quantitative estimate of drug-likeness (QED) is 0.928. The third-order valence-corrected chi connectivity index (χ3v) is 4.83. The van der Waals surface area contributed by atoms with Gasteiger partial charge in [-0.25, -0.2) is 4.79 Å². The van der Waals surface area contributed by atoms with Gasteiger partial charge in [-0.2, -0.15) is 0 Å². The molecular formula is C18H27N3O2. The zero-order valence-electron chi connectivity index (χ0n) is 14.2. The van der Waals surface area contributed by atoms with E-state index in [0.717, 1.165) is 36.5 Å². The van der Waals surface area contributed by atoms with Crippen molar-refractivity contribution in [2.75, 3.05) is 38.1 Å². The van der Waals surface area contributed by atoms with Crippen molar-refractivity contribution >= 4 is 11.7 Å². The molecule has 2 heterocycles. The Balaban J connectivity index is 1.56. The van der Waals surface area contributed by atoms with Crippen molar-refractivity contribution in [3.8, 4) is 5.75 Å². The van der Waals surface area contributed by atoms with E-state index in [2.05, 4.69) is 10.2 Å². The second-order valence-electron chi connectivity index (χ2n) is 6.48. The summed E-state index contributed by atoms with van der Waals surface area (Å²) >= 11 is 0. The predicted molar refractivity (Wildman–Crippen MR) is 92.2 cm³/mol. The Hall–Kier alpha value is -1.75. The predicted octanol–water partition coefficient (Wildman–Crippen LogP) is 3.10. The van der Waals surface area contributed by atoms with E-state index in [0.29, 0.717) is 12.6 Å². The third kappa shape index (κ3) is 3.78. The van der Waals surface area contributed by atoms with Crippen LogP contribution < -0.4 is 10.1 Å². The van der Waals surface area contributed by atoms with Crippen LogP contribution in [0.5, 0.6) is 5.75 Å². The molecule has 2 saturated heterocycles. The van der Waals surface area contributed by atoms with E-state index >= 15 is 0 Å². The molecule has 0 bridgehead atoms. The number of rotatable bonds is 4. The highest BCUT2D eigenvalue weighted by Crippen LogP contribution is 2.24. The van der Waals surface area contributed by atoms with Crippen LogP contribution in [0.1, 0.15) is 31.7 Å². The van der Waals surface area contributed by atoms with Gasteiger partial charge in [0.1, 0.15) is 5.75 Å². The van der Waals surface area contributed by atoms with Crippen LogP contribution in [0.4, 0.5) is 10.5 Å². The van der Waals surface area contributed by atoms with E-state index in [4.69, 9.17) is 4.74 Å². The molecular weight excluding hydrogens is 290 g/mol. The molecule has 1 aromatic rings. The summed E-state index contributed by atoms with van der Waals surface area (Å²) in [6, 6.07) is 6.35. The highest BCUT2D eigenvalue weighted by atomic mass is 16.5. The lowest BCUT2D eigenvalue weighted by atomic mass is 10.2. The Labute approximate surface area is 138 Å². The summed E-state index contributed by atoms with van der Waals surface area (Å²) in [4.78, 5) is 16.9. The van der Waals surface area contributed by atoms with Crippen LogP contribution in [-0.4, -0.2) is 54.7 Å². The number of likely N-dealkylation sites (tertiary alicyclic amines) is 2. The number of anilines is 1. The number of nitrogens with zero attached hydrogens (tertiary/aromatic N) is 2. The summed E-state index contributed by atoms with van der Waals surface area (Å²) < 4.78 is 5.54. The Morgan fingerprint density at radius 1 is 1.30 bits per heavy atom. The van der Waals surface area contributed by atoms with Crippen LogP contribution in [0.3, 0.4) is 0 Å². The number of amides is 2. The summed E-state index contributed by atoms with van der Waals surface area (Å²) in [5, 5.41) is 3.02. The molecule has 1 atom stereocenters. The fraction of sp³-hybridized carbons (Fsp3) is 0.611. The molecule has 0 spiro atoms. The van der Waals surface area contributed by atoms with Crippen molar-refractivity contribution < 1.29 is 9.53 Å². The molecule has 0 radical (unpaired) electrons. The van der Waals surface area contributed by atoms with Crippen LogP contribution in [0.25, 0.3) is 0 Å². The smallest absolute Gasteiger partial charge is 0.321 e. The average molecular weight is 317 g/mol. The van der Waals surface area contributed by atoms with Crippen molar-refractivity contribution in [3.05, 3.63) is 23.8 Å². The van der Waals surface area contributed by atoms with Gasteiger partial charge in [0.2, 0.25) is 0 Å². The Morgan fingerprint density at radius 3 is 2.78 bits per heavy atom. The molecule has 0 aromatic heterocycles. The fourth-order valence-electron chi connectivity index (χ4n) is 3.58. The standard InChI is InChI=1S/C18H27N3O2/c1-3-23-17-7-6-15(12-14(17)2)19-18(22)21-11-8-16(13-21)20-9-4-5-10-20/h6-7,12,16H,3-5,8-11,13H2,1-2H3,(H,19,22)/t16-/m0/s1. The second-order valence-corrected chi connectivity index (χ2v) is 6.48. The van der Waals surface area contributed by atoms with Crippen molar-refractivity contribution in [3.63, 3.8) is 0 Å². The second kappa shape index (κ2) is 7.21. The minimum Gasteiger partial charge on any atom is -0.494 e. The van der Waals surface area contributed by atoms with E-state index in [1.165, 1.54) is 25.9 Å². The summed E-state index contributed by atoms with van der Waals surface area (Å²) in [6.07, 6.45) is 3.69. The molecule has 5 nitrogen and oxygen atoms in total. The lowest BCUT2D eigenvalue weighted by Gasteiger charge is -2.23. The molecule has 0 aliphatic carbocycles.